The molecule has 12 heteroatoms. The Morgan fingerprint density at radius 1 is 0.938 bits per heavy atom. The largest absolute Gasteiger partial charge is 0.453 e. The van der Waals surface area contributed by atoms with E-state index in [1.807, 2.05) is 23.1 Å². The second-order valence-corrected chi connectivity index (χ2v) is 7.36. The van der Waals surface area contributed by atoms with Crippen LogP contribution in [0, 0.1) is 0 Å². The van der Waals surface area contributed by atoms with E-state index in [1.54, 1.807) is 17.0 Å². The number of carbonyl (C=O) groups excluding carboxylic acids is 1. The normalized spacial score (nSPS) is 15.3. The fourth-order valence-corrected chi connectivity index (χ4v) is 3.70. The number of benzene rings is 1. The van der Waals surface area contributed by atoms with Gasteiger partial charge in [-0.1, -0.05) is 12.1 Å². The molecule has 4 aromatic rings. The summed E-state index contributed by atoms with van der Waals surface area (Å²) in [4.78, 5) is 25.2. The molecule has 1 amide bonds. The highest BCUT2D eigenvalue weighted by Gasteiger charge is 2.38. The van der Waals surface area contributed by atoms with Gasteiger partial charge in [-0.3, -0.25) is 9.78 Å². The average Bonchev–Trinajstić information content (AvgIpc) is 3.07. The molecule has 1 aromatic carbocycles. The van der Waals surface area contributed by atoms with Crippen LogP contribution in [0.1, 0.15) is 22.7 Å². The van der Waals surface area contributed by atoms with Crippen LogP contribution >= 0.6 is 0 Å². The molecule has 1 saturated heterocycles. The lowest BCUT2D eigenvalue weighted by molar-refractivity contribution is -0.146. The van der Waals surface area contributed by atoms with Crippen molar-refractivity contribution in [3.05, 3.63) is 54.1 Å². The van der Waals surface area contributed by atoms with E-state index in [4.69, 9.17) is 0 Å². The molecule has 5 rings (SSSR count). The molecule has 0 spiro atoms. The zero-order valence-corrected chi connectivity index (χ0v) is 16.7. The lowest BCUT2D eigenvalue weighted by Crippen LogP contribution is -2.36. The standard InChI is InChI=1S/C20H17F3N8O/c21-20(22,23)19-27-26-16-6-7-17(28-31(16)19)29-8-3-9-30(11-10-29)18(32)15-12-24-13-4-1-2-5-14(13)25-15/h1-2,4-7,12H,3,8-11H2. The molecule has 9 nitrogen and oxygen atoms in total. The smallest absolute Gasteiger partial charge is 0.353 e. The van der Waals surface area contributed by atoms with Crippen LogP contribution in [0.4, 0.5) is 19.0 Å². The number of alkyl halides is 3. The molecule has 1 aliphatic heterocycles. The first-order chi connectivity index (χ1) is 15.4. The molecule has 32 heavy (non-hydrogen) atoms. The average molecular weight is 442 g/mol. The topological polar surface area (TPSA) is 92.4 Å². The molecule has 4 heterocycles. The van der Waals surface area contributed by atoms with Crippen LogP contribution in [0.25, 0.3) is 16.7 Å². The van der Waals surface area contributed by atoms with Crippen LogP contribution in [0.3, 0.4) is 0 Å². The summed E-state index contributed by atoms with van der Waals surface area (Å²) in [6, 6.07) is 10.4. The summed E-state index contributed by atoms with van der Waals surface area (Å²) in [6.07, 6.45) is -2.57. The Bertz CT molecular complexity index is 1300. The van der Waals surface area contributed by atoms with Gasteiger partial charge in [-0.05, 0) is 30.7 Å². The Hall–Kier alpha value is -3.83. The number of carbonyl (C=O) groups is 1. The Kier molecular flexibility index (Phi) is 4.83. The van der Waals surface area contributed by atoms with Gasteiger partial charge in [0.15, 0.2) is 5.65 Å². The highest BCUT2D eigenvalue weighted by atomic mass is 19.4. The number of halogens is 3. The SMILES string of the molecule is O=C(c1cnc2ccccc2n1)N1CCCN(c2ccc3nnc(C(F)(F)F)n3n2)CC1. The number of fused-ring (bicyclic) bond motifs is 2. The summed E-state index contributed by atoms with van der Waals surface area (Å²) >= 11 is 0. The van der Waals surface area contributed by atoms with Crippen molar-refractivity contribution >= 4 is 28.4 Å². The van der Waals surface area contributed by atoms with Crippen LogP contribution in [0.5, 0.6) is 0 Å². The second kappa shape index (κ2) is 7.70. The van der Waals surface area contributed by atoms with Crippen molar-refractivity contribution in [2.45, 2.75) is 12.6 Å². The molecule has 0 aliphatic carbocycles. The van der Waals surface area contributed by atoms with Gasteiger partial charge >= 0.3 is 6.18 Å². The van der Waals surface area contributed by atoms with E-state index in [-0.39, 0.29) is 17.2 Å². The monoisotopic (exact) mass is 442 g/mol. The van der Waals surface area contributed by atoms with E-state index in [9.17, 15) is 18.0 Å². The molecule has 0 N–H and O–H groups in total. The third kappa shape index (κ3) is 3.67. The number of nitrogens with zero attached hydrogens (tertiary/aromatic N) is 8. The Morgan fingerprint density at radius 3 is 2.56 bits per heavy atom. The van der Waals surface area contributed by atoms with E-state index < -0.39 is 12.0 Å². The number of anilines is 1. The molecular weight excluding hydrogens is 425 g/mol. The van der Waals surface area contributed by atoms with Crippen LogP contribution < -0.4 is 4.90 Å². The molecular formula is C20H17F3N8O. The predicted octanol–water partition coefficient (Wildman–Crippen LogP) is 2.44. The molecule has 1 aliphatic rings. The first kappa shape index (κ1) is 20.1. The zero-order valence-electron chi connectivity index (χ0n) is 16.7. The maximum atomic E-state index is 13.2. The van der Waals surface area contributed by atoms with Crippen molar-refractivity contribution in [2.24, 2.45) is 0 Å². The molecule has 0 radical (unpaired) electrons. The van der Waals surface area contributed by atoms with Crippen LogP contribution in [-0.2, 0) is 6.18 Å². The predicted molar refractivity (Wildman–Crippen MR) is 108 cm³/mol. The maximum Gasteiger partial charge on any atom is 0.453 e. The number of amides is 1. The van der Waals surface area contributed by atoms with Gasteiger partial charge < -0.3 is 9.80 Å². The minimum absolute atomic E-state index is 0.0163. The Labute approximate surface area is 179 Å². The number of hydrogen-bond donors (Lipinski definition) is 0. The van der Waals surface area contributed by atoms with Crippen LogP contribution in [-0.4, -0.2) is 66.8 Å². The lowest BCUT2D eigenvalue weighted by Gasteiger charge is -2.22. The van der Waals surface area contributed by atoms with Gasteiger partial charge in [0, 0.05) is 26.2 Å². The summed E-state index contributed by atoms with van der Waals surface area (Å²) < 4.78 is 40.2. The minimum Gasteiger partial charge on any atom is -0.353 e. The van der Waals surface area contributed by atoms with Gasteiger partial charge in [-0.2, -0.15) is 17.7 Å². The van der Waals surface area contributed by atoms with Gasteiger partial charge in [0.25, 0.3) is 11.7 Å². The molecule has 0 atom stereocenters. The minimum atomic E-state index is -4.66. The zero-order chi connectivity index (χ0) is 22.3. The summed E-state index contributed by atoms with van der Waals surface area (Å²) in [6.45, 7) is 1.82. The van der Waals surface area contributed by atoms with E-state index in [0.29, 0.717) is 54.0 Å². The summed E-state index contributed by atoms with van der Waals surface area (Å²) in [5, 5.41) is 10.8. The van der Waals surface area contributed by atoms with Crippen molar-refractivity contribution in [2.75, 3.05) is 31.1 Å². The molecule has 0 saturated carbocycles. The van der Waals surface area contributed by atoms with Crippen molar-refractivity contribution in [3.8, 4) is 0 Å². The Balaban J connectivity index is 1.35. The molecule has 0 unspecified atom stereocenters. The number of aromatic nitrogens is 6. The van der Waals surface area contributed by atoms with Crippen molar-refractivity contribution < 1.29 is 18.0 Å². The number of hydrogen-bond acceptors (Lipinski definition) is 7. The van der Waals surface area contributed by atoms with E-state index in [1.165, 1.54) is 12.3 Å². The fraction of sp³-hybridized carbons (Fsp3) is 0.300. The third-order valence-electron chi connectivity index (χ3n) is 5.28. The van der Waals surface area contributed by atoms with E-state index >= 15 is 0 Å². The molecule has 164 valence electrons. The lowest BCUT2D eigenvalue weighted by atomic mass is 10.2. The van der Waals surface area contributed by atoms with Gasteiger partial charge in [-0.25, -0.2) is 4.98 Å². The summed E-state index contributed by atoms with van der Waals surface area (Å²) in [5.74, 6) is -1.04. The van der Waals surface area contributed by atoms with Gasteiger partial charge in [0.05, 0.1) is 17.2 Å². The summed E-state index contributed by atoms with van der Waals surface area (Å²) in [5.41, 5.74) is 1.63. The van der Waals surface area contributed by atoms with Crippen molar-refractivity contribution in [1.29, 1.82) is 0 Å². The first-order valence-corrected chi connectivity index (χ1v) is 9.96. The van der Waals surface area contributed by atoms with Gasteiger partial charge in [0.2, 0.25) is 0 Å². The molecule has 1 fully saturated rings. The second-order valence-electron chi connectivity index (χ2n) is 7.36. The first-order valence-electron chi connectivity index (χ1n) is 9.96. The Morgan fingerprint density at radius 2 is 1.75 bits per heavy atom. The maximum absolute atomic E-state index is 13.2. The van der Waals surface area contributed by atoms with Gasteiger partial charge in [-0.15, -0.1) is 15.3 Å². The van der Waals surface area contributed by atoms with Crippen LogP contribution in [0.2, 0.25) is 0 Å². The van der Waals surface area contributed by atoms with E-state index in [0.717, 1.165) is 0 Å². The summed E-state index contributed by atoms with van der Waals surface area (Å²) in [7, 11) is 0. The highest BCUT2D eigenvalue weighted by Crippen LogP contribution is 2.28. The molecule has 0 bridgehead atoms. The third-order valence-corrected chi connectivity index (χ3v) is 5.28. The van der Waals surface area contributed by atoms with Gasteiger partial charge in [0.1, 0.15) is 11.5 Å². The van der Waals surface area contributed by atoms with Crippen LogP contribution in [0.15, 0.2) is 42.6 Å². The quantitative estimate of drug-likeness (QED) is 0.471. The highest BCUT2D eigenvalue weighted by molar-refractivity contribution is 5.93. The van der Waals surface area contributed by atoms with Crippen molar-refractivity contribution in [3.63, 3.8) is 0 Å². The number of rotatable bonds is 2. The molecule has 3 aromatic heterocycles. The number of para-hydroxylation sites is 2. The fourth-order valence-electron chi connectivity index (χ4n) is 3.70. The van der Waals surface area contributed by atoms with Crippen molar-refractivity contribution in [1.82, 2.24) is 34.7 Å². The van der Waals surface area contributed by atoms with E-state index in [2.05, 4.69) is 25.3 Å².